The number of aromatic nitrogens is 2. The van der Waals surface area contributed by atoms with Gasteiger partial charge in [-0.2, -0.15) is 0 Å². The van der Waals surface area contributed by atoms with Gasteiger partial charge in [0.25, 0.3) is 0 Å². The van der Waals surface area contributed by atoms with E-state index in [-0.39, 0.29) is 10.9 Å². The van der Waals surface area contributed by atoms with E-state index in [9.17, 15) is 9.18 Å². The maximum absolute atomic E-state index is 13.9. The predicted molar refractivity (Wildman–Crippen MR) is 88.8 cm³/mol. The number of nitrogens with zero attached hydrogens (tertiary/aromatic N) is 2. The number of rotatable bonds is 5. The topological polar surface area (TPSA) is 49.0 Å². The largest absolute Gasteiger partial charge is 0.355 e. The van der Waals surface area contributed by atoms with Crippen LogP contribution in [0.4, 0.5) is 4.39 Å². The van der Waals surface area contributed by atoms with Crippen molar-refractivity contribution < 1.29 is 4.39 Å². The Balaban J connectivity index is 1.73. The molecule has 1 aromatic carbocycles. The lowest BCUT2D eigenvalue weighted by Crippen LogP contribution is -2.22. The third-order valence-corrected chi connectivity index (χ3v) is 3.79. The molecule has 0 amide bonds. The molecule has 0 saturated heterocycles. The number of aromatic amines is 1. The molecule has 0 aliphatic heterocycles. The highest BCUT2D eigenvalue weighted by atomic mass is 19.1. The fourth-order valence-corrected chi connectivity index (χ4v) is 2.60. The second kappa shape index (κ2) is 6.71. The standard InChI is InChI=1S/C18H18FN3O/c1-22(10-8-13-5-2-3-9-20-13)12-14-11-17(23)15-6-4-7-16(19)18(15)21-14/h2-7,9,11H,8,10,12H2,1H3,(H,21,23). The lowest BCUT2D eigenvalue weighted by atomic mass is 10.2. The predicted octanol–water partition coefficient (Wildman–Crippen LogP) is 2.74. The summed E-state index contributed by atoms with van der Waals surface area (Å²) in [6, 6.07) is 11.9. The summed E-state index contributed by atoms with van der Waals surface area (Å²) in [5.41, 5.74) is 1.84. The highest BCUT2D eigenvalue weighted by Gasteiger charge is 2.08. The van der Waals surface area contributed by atoms with Gasteiger partial charge in [-0.15, -0.1) is 0 Å². The zero-order valence-electron chi connectivity index (χ0n) is 12.9. The smallest absolute Gasteiger partial charge is 0.189 e. The van der Waals surface area contributed by atoms with Crippen LogP contribution in [-0.2, 0) is 13.0 Å². The van der Waals surface area contributed by atoms with Gasteiger partial charge in [-0.1, -0.05) is 12.1 Å². The van der Waals surface area contributed by atoms with Gasteiger partial charge in [0.1, 0.15) is 5.82 Å². The number of likely N-dealkylation sites (N-methyl/N-ethyl adjacent to an activating group) is 1. The summed E-state index contributed by atoms with van der Waals surface area (Å²) in [4.78, 5) is 21.5. The van der Waals surface area contributed by atoms with Crippen molar-refractivity contribution in [1.82, 2.24) is 14.9 Å². The van der Waals surface area contributed by atoms with Gasteiger partial charge >= 0.3 is 0 Å². The second-order valence-electron chi connectivity index (χ2n) is 5.63. The lowest BCUT2D eigenvalue weighted by Gasteiger charge is -2.16. The number of hydrogen-bond donors (Lipinski definition) is 1. The molecule has 3 rings (SSSR count). The van der Waals surface area contributed by atoms with Gasteiger partial charge in [-0.3, -0.25) is 9.78 Å². The third kappa shape index (κ3) is 3.63. The molecule has 0 bridgehead atoms. The van der Waals surface area contributed by atoms with Gasteiger partial charge < -0.3 is 9.88 Å². The molecule has 0 unspecified atom stereocenters. The number of pyridine rings is 2. The van der Waals surface area contributed by atoms with E-state index in [1.54, 1.807) is 24.4 Å². The summed E-state index contributed by atoms with van der Waals surface area (Å²) in [5.74, 6) is -0.405. The van der Waals surface area contributed by atoms with Crippen LogP contribution in [0.5, 0.6) is 0 Å². The van der Waals surface area contributed by atoms with Crippen LogP contribution in [0.2, 0.25) is 0 Å². The highest BCUT2D eigenvalue weighted by molar-refractivity contribution is 5.78. The van der Waals surface area contributed by atoms with Crippen LogP contribution in [0.1, 0.15) is 11.4 Å². The summed E-state index contributed by atoms with van der Waals surface area (Å²) in [6.07, 6.45) is 2.60. The first kappa shape index (κ1) is 15.4. The number of hydrogen-bond acceptors (Lipinski definition) is 3. The van der Waals surface area contributed by atoms with Gasteiger partial charge in [-0.25, -0.2) is 4.39 Å². The van der Waals surface area contributed by atoms with Crippen LogP contribution in [-0.4, -0.2) is 28.5 Å². The Morgan fingerprint density at radius 3 is 2.87 bits per heavy atom. The van der Waals surface area contributed by atoms with Gasteiger partial charge in [0, 0.05) is 48.5 Å². The minimum atomic E-state index is -0.405. The number of fused-ring (bicyclic) bond motifs is 1. The number of H-pyrrole nitrogens is 1. The highest BCUT2D eigenvalue weighted by Crippen LogP contribution is 2.13. The van der Waals surface area contributed by atoms with Crippen LogP contribution in [0.3, 0.4) is 0 Å². The minimum absolute atomic E-state index is 0.161. The van der Waals surface area contributed by atoms with Crippen molar-refractivity contribution in [2.24, 2.45) is 0 Å². The first-order valence-electron chi connectivity index (χ1n) is 7.52. The third-order valence-electron chi connectivity index (χ3n) is 3.79. The molecular weight excluding hydrogens is 293 g/mol. The van der Waals surface area contributed by atoms with E-state index in [1.807, 2.05) is 25.2 Å². The molecule has 0 saturated carbocycles. The van der Waals surface area contributed by atoms with Crippen LogP contribution >= 0.6 is 0 Å². The molecule has 1 N–H and O–H groups in total. The molecule has 118 valence electrons. The molecule has 2 heterocycles. The number of benzene rings is 1. The Morgan fingerprint density at radius 2 is 2.09 bits per heavy atom. The zero-order valence-corrected chi connectivity index (χ0v) is 12.9. The molecule has 0 aliphatic carbocycles. The quantitative estimate of drug-likeness (QED) is 0.788. The van der Waals surface area contributed by atoms with Crippen LogP contribution in [0.25, 0.3) is 10.9 Å². The fraction of sp³-hybridized carbons (Fsp3) is 0.222. The van der Waals surface area contributed by atoms with Crippen molar-refractivity contribution in [3.63, 3.8) is 0 Å². The molecule has 0 atom stereocenters. The number of para-hydroxylation sites is 1. The average Bonchev–Trinajstić information content (AvgIpc) is 2.55. The van der Waals surface area contributed by atoms with E-state index in [0.29, 0.717) is 17.6 Å². The molecule has 0 fully saturated rings. The van der Waals surface area contributed by atoms with Crippen molar-refractivity contribution in [3.8, 4) is 0 Å². The maximum atomic E-state index is 13.9. The second-order valence-corrected chi connectivity index (χ2v) is 5.63. The molecule has 3 aromatic rings. The molecule has 0 radical (unpaired) electrons. The summed E-state index contributed by atoms with van der Waals surface area (Å²) in [7, 11) is 1.97. The SMILES string of the molecule is CN(CCc1ccccn1)Cc1cc(=O)c2cccc(F)c2[nH]1. The molecule has 23 heavy (non-hydrogen) atoms. The maximum Gasteiger partial charge on any atom is 0.189 e. The summed E-state index contributed by atoms with van der Waals surface area (Å²) in [6.45, 7) is 1.35. The van der Waals surface area contributed by atoms with E-state index < -0.39 is 5.82 Å². The van der Waals surface area contributed by atoms with Crippen molar-refractivity contribution in [2.75, 3.05) is 13.6 Å². The monoisotopic (exact) mass is 311 g/mol. The first-order chi connectivity index (χ1) is 11.1. The molecule has 5 heteroatoms. The Hall–Kier alpha value is -2.53. The van der Waals surface area contributed by atoms with Crippen LogP contribution < -0.4 is 5.43 Å². The molecule has 0 spiro atoms. The Bertz CT molecular complexity index is 861. The van der Waals surface area contributed by atoms with Crippen LogP contribution in [0.15, 0.2) is 53.5 Å². The van der Waals surface area contributed by atoms with Gasteiger partial charge in [-0.05, 0) is 31.3 Å². The fourth-order valence-electron chi connectivity index (χ4n) is 2.60. The van der Waals surface area contributed by atoms with E-state index in [0.717, 1.165) is 18.7 Å². The average molecular weight is 311 g/mol. The first-order valence-corrected chi connectivity index (χ1v) is 7.52. The van der Waals surface area contributed by atoms with Gasteiger partial charge in [0.2, 0.25) is 0 Å². The van der Waals surface area contributed by atoms with Crippen LogP contribution in [0, 0.1) is 5.82 Å². The van der Waals surface area contributed by atoms with E-state index in [1.165, 1.54) is 6.07 Å². The Labute approximate surface area is 133 Å². The molecular formula is C18H18FN3O. The summed E-state index contributed by atoms with van der Waals surface area (Å²) in [5, 5.41) is 0.380. The van der Waals surface area contributed by atoms with E-state index >= 15 is 0 Å². The van der Waals surface area contributed by atoms with Gasteiger partial charge in [0.05, 0.1) is 5.52 Å². The number of halogens is 1. The minimum Gasteiger partial charge on any atom is -0.355 e. The number of nitrogens with one attached hydrogen (secondary N) is 1. The zero-order chi connectivity index (χ0) is 16.2. The van der Waals surface area contributed by atoms with E-state index in [4.69, 9.17) is 0 Å². The molecule has 2 aromatic heterocycles. The van der Waals surface area contributed by atoms with Crippen molar-refractivity contribution in [2.45, 2.75) is 13.0 Å². The Kier molecular flexibility index (Phi) is 4.48. The molecule has 4 nitrogen and oxygen atoms in total. The summed E-state index contributed by atoms with van der Waals surface area (Å²) >= 11 is 0. The lowest BCUT2D eigenvalue weighted by molar-refractivity contribution is 0.326. The Morgan fingerprint density at radius 1 is 1.22 bits per heavy atom. The summed E-state index contributed by atoms with van der Waals surface area (Å²) < 4.78 is 13.9. The van der Waals surface area contributed by atoms with Crippen molar-refractivity contribution >= 4 is 10.9 Å². The van der Waals surface area contributed by atoms with Crippen molar-refractivity contribution in [1.29, 1.82) is 0 Å². The van der Waals surface area contributed by atoms with Crippen molar-refractivity contribution in [3.05, 3.63) is 76.1 Å². The van der Waals surface area contributed by atoms with Gasteiger partial charge in [0.15, 0.2) is 5.43 Å². The molecule has 0 aliphatic rings. The normalized spacial score (nSPS) is 11.3. The van der Waals surface area contributed by atoms with E-state index in [2.05, 4.69) is 14.9 Å².